The van der Waals surface area contributed by atoms with Gasteiger partial charge in [0.05, 0.1) is 13.2 Å². The van der Waals surface area contributed by atoms with Crippen molar-refractivity contribution in [3.8, 4) is 11.5 Å². The second-order valence-corrected chi connectivity index (χ2v) is 9.12. The molecule has 1 amide bonds. The van der Waals surface area contributed by atoms with Gasteiger partial charge in [0, 0.05) is 25.5 Å². The number of hydrogen-bond acceptors (Lipinski definition) is 8. The SMILES string of the molecule is CCCCCO[C@H]1[C@H](C)OC(=O)[C@@H](NC(=O)c2nccc(OC)c2O)CCC[C@@H]1OCC(C)C. The van der Waals surface area contributed by atoms with Gasteiger partial charge in [0.1, 0.15) is 18.2 Å². The molecule has 1 aromatic rings. The van der Waals surface area contributed by atoms with E-state index in [-0.39, 0.29) is 23.3 Å². The van der Waals surface area contributed by atoms with E-state index in [2.05, 4.69) is 31.1 Å². The second kappa shape index (κ2) is 14.1. The molecule has 1 aliphatic heterocycles. The van der Waals surface area contributed by atoms with Crippen LogP contribution < -0.4 is 10.1 Å². The molecule has 2 N–H and O–H groups in total. The number of carbonyl (C=O) groups is 2. The molecule has 0 spiro atoms. The van der Waals surface area contributed by atoms with Crippen LogP contribution in [0.25, 0.3) is 0 Å². The lowest BCUT2D eigenvalue weighted by Gasteiger charge is -2.31. The molecule has 0 radical (unpaired) electrons. The Morgan fingerprint density at radius 1 is 1.29 bits per heavy atom. The summed E-state index contributed by atoms with van der Waals surface area (Å²) in [5, 5.41) is 12.9. The summed E-state index contributed by atoms with van der Waals surface area (Å²) < 4.78 is 23.1. The number of nitrogens with zero attached hydrogens (tertiary/aromatic N) is 1. The van der Waals surface area contributed by atoms with E-state index in [0.29, 0.717) is 38.4 Å². The Kier molecular flexibility index (Phi) is 11.6. The molecular formula is C25H40N2O7. The highest BCUT2D eigenvalue weighted by molar-refractivity contribution is 5.97. The number of pyridine rings is 1. The Labute approximate surface area is 202 Å². The molecule has 1 aromatic heterocycles. The summed E-state index contributed by atoms with van der Waals surface area (Å²) in [5.74, 6) is -1.12. The normalized spacial score (nSPS) is 23.5. The van der Waals surface area contributed by atoms with Crippen molar-refractivity contribution < 1.29 is 33.6 Å². The first-order chi connectivity index (χ1) is 16.3. The van der Waals surface area contributed by atoms with Crippen molar-refractivity contribution in [3.05, 3.63) is 18.0 Å². The number of aromatic hydroxyl groups is 1. The minimum absolute atomic E-state index is 0.124. The van der Waals surface area contributed by atoms with Gasteiger partial charge in [-0.3, -0.25) is 4.79 Å². The lowest BCUT2D eigenvalue weighted by molar-refractivity contribution is -0.168. The number of aromatic nitrogens is 1. The van der Waals surface area contributed by atoms with Crippen molar-refractivity contribution >= 4 is 11.9 Å². The zero-order valence-corrected chi connectivity index (χ0v) is 21.0. The number of amides is 1. The standard InChI is InChI=1S/C25H40N2O7/c1-6-7-8-14-32-23-17(4)34-25(30)18(10-9-11-20(23)33-15-16(2)3)27-24(29)21-22(28)19(31-5)12-13-26-21/h12-13,16-18,20,23,28H,6-11,14-15H2,1-5H3,(H,27,29)/t17-,18-,20-,23-/m0/s1. The van der Waals surface area contributed by atoms with Crippen LogP contribution in [0.1, 0.15) is 76.7 Å². The van der Waals surface area contributed by atoms with Crippen molar-refractivity contribution in [1.29, 1.82) is 0 Å². The molecule has 0 aromatic carbocycles. The molecule has 34 heavy (non-hydrogen) atoms. The van der Waals surface area contributed by atoms with Crippen LogP contribution in [-0.4, -0.2) is 66.6 Å². The van der Waals surface area contributed by atoms with E-state index in [4.69, 9.17) is 18.9 Å². The van der Waals surface area contributed by atoms with Crippen LogP contribution in [0.4, 0.5) is 0 Å². The summed E-state index contributed by atoms with van der Waals surface area (Å²) >= 11 is 0. The maximum absolute atomic E-state index is 13.0. The first kappa shape index (κ1) is 27.9. The van der Waals surface area contributed by atoms with E-state index in [1.165, 1.54) is 19.4 Å². The van der Waals surface area contributed by atoms with E-state index in [1.54, 1.807) is 6.92 Å². The first-order valence-corrected chi connectivity index (χ1v) is 12.2. The van der Waals surface area contributed by atoms with Crippen molar-refractivity contribution in [2.75, 3.05) is 20.3 Å². The van der Waals surface area contributed by atoms with E-state index >= 15 is 0 Å². The van der Waals surface area contributed by atoms with Gasteiger partial charge in [0.2, 0.25) is 0 Å². The highest BCUT2D eigenvalue weighted by Gasteiger charge is 2.36. The zero-order valence-electron chi connectivity index (χ0n) is 21.0. The molecule has 9 heteroatoms. The number of hydrogen-bond donors (Lipinski definition) is 2. The lowest BCUT2D eigenvalue weighted by atomic mass is 10.0. The fraction of sp³-hybridized carbons (Fsp3) is 0.720. The third-order valence-corrected chi connectivity index (χ3v) is 5.73. The molecule has 0 bridgehead atoms. The van der Waals surface area contributed by atoms with Gasteiger partial charge in [-0.15, -0.1) is 0 Å². The fourth-order valence-electron chi connectivity index (χ4n) is 3.87. The molecule has 1 fully saturated rings. The Hall–Kier alpha value is -2.39. The number of methoxy groups -OCH3 is 1. The molecule has 0 saturated carbocycles. The van der Waals surface area contributed by atoms with Gasteiger partial charge in [-0.25, -0.2) is 9.78 Å². The van der Waals surface area contributed by atoms with Crippen LogP contribution in [0.15, 0.2) is 12.3 Å². The summed E-state index contributed by atoms with van der Waals surface area (Å²) in [6.45, 7) is 9.26. The summed E-state index contributed by atoms with van der Waals surface area (Å²) in [4.78, 5) is 29.7. The predicted molar refractivity (Wildman–Crippen MR) is 127 cm³/mol. The minimum atomic E-state index is -0.882. The van der Waals surface area contributed by atoms with Crippen molar-refractivity contribution in [2.45, 2.75) is 90.6 Å². The molecular weight excluding hydrogens is 440 g/mol. The van der Waals surface area contributed by atoms with E-state index in [9.17, 15) is 14.7 Å². The van der Waals surface area contributed by atoms with Gasteiger partial charge < -0.3 is 29.4 Å². The predicted octanol–water partition coefficient (Wildman–Crippen LogP) is 3.63. The Morgan fingerprint density at radius 3 is 2.74 bits per heavy atom. The fourth-order valence-corrected chi connectivity index (χ4v) is 3.87. The number of unbranched alkanes of at least 4 members (excludes halogenated alkanes) is 2. The Balaban J connectivity index is 2.14. The maximum atomic E-state index is 13.0. The molecule has 9 nitrogen and oxygen atoms in total. The van der Waals surface area contributed by atoms with Crippen molar-refractivity contribution in [2.24, 2.45) is 5.92 Å². The highest BCUT2D eigenvalue weighted by atomic mass is 16.6. The van der Waals surface area contributed by atoms with Crippen LogP contribution in [0.5, 0.6) is 11.5 Å². The third kappa shape index (κ3) is 8.13. The van der Waals surface area contributed by atoms with E-state index in [0.717, 1.165) is 19.3 Å². The average molecular weight is 481 g/mol. The number of carbonyl (C=O) groups excluding carboxylic acids is 2. The topological polar surface area (TPSA) is 116 Å². The van der Waals surface area contributed by atoms with Gasteiger partial charge in [0.25, 0.3) is 5.91 Å². The quantitative estimate of drug-likeness (QED) is 0.364. The number of cyclic esters (lactones) is 1. The Bertz CT molecular complexity index is 787. The van der Waals surface area contributed by atoms with Crippen molar-refractivity contribution in [3.63, 3.8) is 0 Å². The number of nitrogens with one attached hydrogen (secondary N) is 1. The monoisotopic (exact) mass is 480 g/mol. The lowest BCUT2D eigenvalue weighted by Crippen LogP contribution is -2.46. The average Bonchev–Trinajstić information content (AvgIpc) is 2.85. The van der Waals surface area contributed by atoms with Gasteiger partial charge in [-0.05, 0) is 38.5 Å². The summed E-state index contributed by atoms with van der Waals surface area (Å²) in [6, 6.07) is 0.562. The number of esters is 1. The van der Waals surface area contributed by atoms with Crippen LogP contribution in [0.3, 0.4) is 0 Å². The summed E-state index contributed by atoms with van der Waals surface area (Å²) in [7, 11) is 1.38. The summed E-state index contributed by atoms with van der Waals surface area (Å²) in [5.41, 5.74) is -0.213. The van der Waals surface area contributed by atoms with Gasteiger partial charge in [-0.2, -0.15) is 0 Å². The Morgan fingerprint density at radius 2 is 2.06 bits per heavy atom. The van der Waals surface area contributed by atoms with Gasteiger partial charge in [-0.1, -0.05) is 33.6 Å². The van der Waals surface area contributed by atoms with Crippen LogP contribution in [0, 0.1) is 5.92 Å². The van der Waals surface area contributed by atoms with Gasteiger partial charge >= 0.3 is 5.97 Å². The highest BCUT2D eigenvalue weighted by Crippen LogP contribution is 2.28. The number of rotatable bonds is 11. The molecule has 0 unspecified atom stereocenters. The van der Waals surface area contributed by atoms with Crippen LogP contribution in [-0.2, 0) is 19.0 Å². The van der Waals surface area contributed by atoms with Crippen LogP contribution >= 0.6 is 0 Å². The molecule has 0 aliphatic carbocycles. The van der Waals surface area contributed by atoms with E-state index < -0.39 is 30.1 Å². The summed E-state index contributed by atoms with van der Waals surface area (Å²) in [6.07, 6.45) is 4.95. The molecule has 2 heterocycles. The molecule has 4 atom stereocenters. The first-order valence-electron chi connectivity index (χ1n) is 12.2. The molecule has 1 saturated heterocycles. The zero-order chi connectivity index (χ0) is 25.1. The smallest absolute Gasteiger partial charge is 0.329 e. The molecule has 1 aliphatic rings. The van der Waals surface area contributed by atoms with E-state index in [1.807, 2.05) is 0 Å². The molecule has 2 rings (SSSR count). The van der Waals surface area contributed by atoms with Crippen molar-refractivity contribution in [1.82, 2.24) is 10.3 Å². The minimum Gasteiger partial charge on any atom is -0.503 e. The number of ether oxygens (including phenoxy) is 4. The third-order valence-electron chi connectivity index (χ3n) is 5.73. The largest absolute Gasteiger partial charge is 0.503 e. The van der Waals surface area contributed by atoms with Gasteiger partial charge in [0.15, 0.2) is 17.2 Å². The van der Waals surface area contributed by atoms with Crippen LogP contribution in [0.2, 0.25) is 0 Å². The maximum Gasteiger partial charge on any atom is 0.329 e. The second-order valence-electron chi connectivity index (χ2n) is 9.12. The molecule has 192 valence electrons.